The van der Waals surface area contributed by atoms with Crippen LogP contribution in [0.15, 0.2) is 23.6 Å². The number of nitrogens with one attached hydrogen (secondary N) is 2. The Hall–Kier alpha value is -3.77. The summed E-state index contributed by atoms with van der Waals surface area (Å²) in [6, 6.07) is 1.83. The maximum atomic E-state index is 14.1. The molecule has 18 heteroatoms. The number of nitrogens with two attached hydrogens (primary N) is 1. The molecule has 0 spiro atoms. The number of nitrogens with zero attached hydrogens (tertiary/aromatic N) is 5. The van der Waals surface area contributed by atoms with Crippen LogP contribution < -0.4 is 16.4 Å². The summed E-state index contributed by atoms with van der Waals surface area (Å²) in [5.41, 5.74) is 0.978. The number of rotatable bonds is 6. The Labute approximate surface area is 307 Å². The normalized spacial score (nSPS) is 25.3. The van der Waals surface area contributed by atoms with Gasteiger partial charge in [0.2, 0.25) is 5.91 Å². The van der Waals surface area contributed by atoms with Crippen molar-refractivity contribution in [1.82, 2.24) is 29.8 Å². The van der Waals surface area contributed by atoms with Crippen LogP contribution in [-0.2, 0) is 30.1 Å². The second kappa shape index (κ2) is 14.5. The van der Waals surface area contributed by atoms with Gasteiger partial charge in [-0.3, -0.25) is 9.69 Å². The van der Waals surface area contributed by atoms with Gasteiger partial charge in [-0.2, -0.15) is 26.3 Å². The van der Waals surface area contributed by atoms with Gasteiger partial charge in [-0.1, -0.05) is 0 Å². The number of benzene rings is 1. The summed E-state index contributed by atoms with van der Waals surface area (Å²) >= 11 is 1.53. The Morgan fingerprint density at radius 2 is 1.49 bits per heavy atom. The minimum atomic E-state index is -5.19. The van der Waals surface area contributed by atoms with E-state index in [2.05, 4.69) is 27.5 Å². The third kappa shape index (κ3) is 7.76. The summed E-state index contributed by atoms with van der Waals surface area (Å²) in [6.45, 7) is 2.67. The Bertz CT molecular complexity index is 1660. The fourth-order valence-corrected chi connectivity index (χ4v) is 9.68. The molecule has 4 fully saturated rings. The molecule has 11 nitrogen and oxygen atoms in total. The quantitative estimate of drug-likeness (QED) is 0.273. The van der Waals surface area contributed by atoms with Crippen LogP contribution in [0.5, 0.6) is 0 Å². The molecular weight excluding hydrogens is 726 g/mol. The van der Waals surface area contributed by atoms with Crippen molar-refractivity contribution in [2.24, 2.45) is 0 Å². The van der Waals surface area contributed by atoms with E-state index in [4.69, 9.17) is 5.73 Å². The fourth-order valence-electron chi connectivity index (χ4n) is 8.85. The van der Waals surface area contributed by atoms with Crippen molar-refractivity contribution in [3.05, 3.63) is 45.1 Å². The van der Waals surface area contributed by atoms with Crippen LogP contribution in [-0.4, -0.2) is 119 Å². The van der Waals surface area contributed by atoms with Crippen molar-refractivity contribution in [1.29, 1.82) is 0 Å². The summed E-state index contributed by atoms with van der Waals surface area (Å²) in [4.78, 5) is 51.2. The number of urea groups is 2. The first kappa shape index (κ1) is 37.5. The summed E-state index contributed by atoms with van der Waals surface area (Å²) in [5.74, 6) is -0.577. The standard InChI is InChI=1S/C35H44F6N8O3S/c1-45-22-2-3-23(45)18-24(17-22)46-9-11-47(12-10-46)31(50)28(16-20-14-25(34(36,37)38)30(42)26(15-20)35(39,40)41)44-32(51)48-7-4-21(5-8-48)49-19-29-27(6-13-53-29)43-33(49)52/h6,13-15,21-24,28H,2-5,7-12,16-19,42H2,1H3,(H,43,52)(H,44,51)/t22?,23?,24?,28-/m1/s1. The van der Waals surface area contributed by atoms with E-state index in [1.807, 2.05) is 11.4 Å². The molecule has 0 radical (unpaired) electrons. The Kier molecular flexibility index (Phi) is 10.2. The lowest BCUT2D eigenvalue weighted by Gasteiger charge is -2.45. The van der Waals surface area contributed by atoms with E-state index >= 15 is 0 Å². The lowest BCUT2D eigenvalue weighted by Crippen LogP contribution is -2.60. The van der Waals surface area contributed by atoms with Gasteiger partial charge in [-0.05, 0) is 74.7 Å². The minimum Gasteiger partial charge on any atom is -0.398 e. The highest BCUT2D eigenvalue weighted by Gasteiger charge is 2.43. The van der Waals surface area contributed by atoms with Crippen molar-refractivity contribution >= 4 is 40.7 Å². The number of thiophene rings is 1. The average molecular weight is 771 g/mol. The molecule has 1 aromatic carbocycles. The molecule has 2 bridgehead atoms. The third-order valence-corrected chi connectivity index (χ3v) is 12.8. The molecular formula is C35H44F6N8O3S. The SMILES string of the molecule is CN1C2CCC1CC(N1CCN(C(=O)[C@@H](Cc3cc(C(F)(F)F)c(N)c(C(F)(F)F)c3)NC(=O)N3CCC(N4Cc5sccc5NC4=O)CC3)CC1)C2. The van der Waals surface area contributed by atoms with E-state index in [-0.39, 0.29) is 25.2 Å². The zero-order valence-electron chi connectivity index (χ0n) is 29.3. The molecule has 2 unspecified atom stereocenters. The van der Waals surface area contributed by atoms with Gasteiger partial charge < -0.3 is 36.0 Å². The first-order chi connectivity index (χ1) is 25.1. The smallest absolute Gasteiger partial charge is 0.398 e. The van der Waals surface area contributed by atoms with Crippen LogP contribution in [0.3, 0.4) is 0 Å². The lowest BCUT2D eigenvalue weighted by molar-refractivity contribution is -0.141. The number of alkyl halides is 6. The maximum absolute atomic E-state index is 14.1. The number of halogens is 6. The molecule has 5 aliphatic rings. The van der Waals surface area contributed by atoms with Crippen molar-refractivity contribution in [3.63, 3.8) is 0 Å². The van der Waals surface area contributed by atoms with Crippen LogP contribution in [0.1, 0.15) is 60.1 Å². The van der Waals surface area contributed by atoms with Crippen molar-refractivity contribution in [3.8, 4) is 0 Å². The second-order valence-corrected chi connectivity index (χ2v) is 15.9. The van der Waals surface area contributed by atoms with E-state index in [1.165, 1.54) is 21.1 Å². The van der Waals surface area contributed by atoms with Gasteiger partial charge in [0.05, 0.1) is 29.0 Å². The third-order valence-electron chi connectivity index (χ3n) is 11.9. The Morgan fingerprint density at radius 3 is 2.08 bits per heavy atom. The highest BCUT2D eigenvalue weighted by Crippen LogP contribution is 2.42. The lowest BCUT2D eigenvalue weighted by atomic mass is 9.95. The largest absolute Gasteiger partial charge is 0.418 e. The number of anilines is 2. The van der Waals surface area contributed by atoms with Gasteiger partial charge in [-0.15, -0.1) is 11.3 Å². The molecule has 5 amide bonds. The van der Waals surface area contributed by atoms with Gasteiger partial charge in [0.1, 0.15) is 6.04 Å². The van der Waals surface area contributed by atoms with E-state index < -0.39 is 59.1 Å². The molecule has 7 rings (SSSR count). The van der Waals surface area contributed by atoms with Crippen molar-refractivity contribution < 1.29 is 40.7 Å². The summed E-state index contributed by atoms with van der Waals surface area (Å²) < 4.78 is 83.5. The van der Waals surface area contributed by atoms with E-state index in [9.17, 15) is 40.7 Å². The molecule has 4 N–H and O–H groups in total. The summed E-state index contributed by atoms with van der Waals surface area (Å²) in [5, 5.41) is 7.45. The topological polar surface area (TPSA) is 117 Å². The first-order valence-electron chi connectivity index (χ1n) is 18.1. The monoisotopic (exact) mass is 770 g/mol. The molecule has 2 aromatic rings. The number of fused-ring (bicyclic) bond motifs is 3. The van der Waals surface area contributed by atoms with Gasteiger partial charge in [0, 0.05) is 74.7 Å². The number of amides is 5. The number of piperazine rings is 1. The first-order valence-corrected chi connectivity index (χ1v) is 19.0. The van der Waals surface area contributed by atoms with Crippen molar-refractivity contribution in [2.75, 3.05) is 57.4 Å². The zero-order chi connectivity index (χ0) is 37.8. The Balaban J connectivity index is 1.06. The average Bonchev–Trinajstić information content (AvgIpc) is 3.63. The second-order valence-electron chi connectivity index (χ2n) is 14.9. The summed E-state index contributed by atoms with van der Waals surface area (Å²) in [7, 11) is 2.16. The van der Waals surface area contributed by atoms with Crippen molar-refractivity contribution in [2.45, 2.75) is 94.1 Å². The predicted molar refractivity (Wildman–Crippen MR) is 186 cm³/mol. The number of nitrogen functional groups attached to an aromatic ring is 1. The van der Waals surface area contributed by atoms with E-state index in [0.717, 1.165) is 36.2 Å². The number of likely N-dealkylation sites (tertiary alicyclic amines) is 1. The number of hydrogen-bond acceptors (Lipinski definition) is 7. The van der Waals surface area contributed by atoms with Crippen LogP contribution in [0.25, 0.3) is 0 Å². The summed E-state index contributed by atoms with van der Waals surface area (Å²) in [6.07, 6.45) is -5.69. The number of hydrogen-bond donors (Lipinski definition) is 3. The predicted octanol–water partition coefficient (Wildman–Crippen LogP) is 5.27. The van der Waals surface area contributed by atoms with Crippen LogP contribution in [0.2, 0.25) is 0 Å². The molecule has 6 heterocycles. The molecule has 290 valence electrons. The van der Waals surface area contributed by atoms with Gasteiger partial charge in [-0.25, -0.2) is 9.59 Å². The maximum Gasteiger partial charge on any atom is 0.418 e. The van der Waals surface area contributed by atoms with Crippen LogP contribution in [0.4, 0.5) is 47.3 Å². The van der Waals surface area contributed by atoms with Crippen LogP contribution >= 0.6 is 11.3 Å². The molecule has 3 atom stereocenters. The molecule has 53 heavy (non-hydrogen) atoms. The Morgan fingerprint density at radius 1 is 0.887 bits per heavy atom. The van der Waals surface area contributed by atoms with E-state index in [0.29, 0.717) is 75.8 Å². The fraction of sp³-hybridized carbons (Fsp3) is 0.629. The molecule has 0 saturated carbocycles. The molecule has 5 aliphatic heterocycles. The number of carbonyl (C=O) groups is 3. The molecule has 4 saturated heterocycles. The van der Waals surface area contributed by atoms with Gasteiger partial charge in [0.15, 0.2) is 0 Å². The highest BCUT2D eigenvalue weighted by molar-refractivity contribution is 7.10. The number of carbonyl (C=O) groups excluding carboxylic acids is 3. The highest BCUT2D eigenvalue weighted by atomic mass is 32.1. The number of piperidine rings is 2. The molecule has 0 aliphatic carbocycles. The minimum absolute atomic E-state index is 0.154. The van der Waals surface area contributed by atoms with Gasteiger partial charge >= 0.3 is 24.4 Å². The zero-order valence-corrected chi connectivity index (χ0v) is 30.1. The van der Waals surface area contributed by atoms with Gasteiger partial charge in [0.25, 0.3) is 0 Å². The molecule has 1 aromatic heterocycles. The van der Waals surface area contributed by atoms with Crippen LogP contribution in [0, 0.1) is 0 Å². The van der Waals surface area contributed by atoms with E-state index in [1.54, 1.807) is 4.90 Å².